The van der Waals surface area contributed by atoms with Crippen molar-refractivity contribution in [2.75, 3.05) is 20.3 Å². The number of methoxy groups -OCH3 is 1. The molecule has 5 heteroatoms. The molecule has 1 N–H and O–H groups in total. The van der Waals surface area contributed by atoms with E-state index in [1.54, 1.807) is 7.11 Å². The fraction of sp³-hybridized carbons (Fsp3) is 0.778. The summed E-state index contributed by atoms with van der Waals surface area (Å²) in [5, 5.41) is 6.90. The molecule has 0 aliphatic rings. The quantitative estimate of drug-likeness (QED) is 0.663. The fourth-order valence-corrected chi connectivity index (χ4v) is 1.05. The van der Waals surface area contributed by atoms with Crippen molar-refractivity contribution in [3.05, 3.63) is 11.6 Å². The van der Waals surface area contributed by atoms with Gasteiger partial charge >= 0.3 is 0 Å². The molecule has 0 bridgehead atoms. The van der Waals surface area contributed by atoms with E-state index in [2.05, 4.69) is 22.1 Å². The first kappa shape index (κ1) is 11.1. The third kappa shape index (κ3) is 3.85. The molecule has 0 aliphatic carbocycles. The number of H-pyrrole nitrogens is 1. The van der Waals surface area contributed by atoms with Crippen LogP contribution >= 0.6 is 0 Å². The Bertz CT molecular complexity index is 250. The van der Waals surface area contributed by atoms with Crippen LogP contribution in [-0.4, -0.2) is 35.5 Å². The second-order valence-electron chi connectivity index (χ2n) is 2.99. The molecule has 0 amide bonds. The van der Waals surface area contributed by atoms with E-state index in [-0.39, 0.29) is 0 Å². The number of nitrogens with one attached hydrogen (secondary N) is 1. The van der Waals surface area contributed by atoms with E-state index >= 15 is 0 Å². The highest BCUT2D eigenvalue weighted by atomic mass is 16.5. The van der Waals surface area contributed by atoms with Crippen LogP contribution in [0.5, 0.6) is 0 Å². The van der Waals surface area contributed by atoms with Gasteiger partial charge in [-0.3, -0.25) is 5.10 Å². The summed E-state index contributed by atoms with van der Waals surface area (Å²) in [5.41, 5.74) is 0. The Kier molecular flexibility index (Phi) is 5.17. The van der Waals surface area contributed by atoms with Crippen LogP contribution in [0.25, 0.3) is 0 Å². The van der Waals surface area contributed by atoms with E-state index in [0.717, 1.165) is 24.5 Å². The standard InChI is InChI=1S/C9H17N3O2/c1-3-4-8-10-9(12-11-8)7-14-6-5-13-2/h3-7H2,1-2H3,(H,10,11,12). The Labute approximate surface area is 83.8 Å². The highest BCUT2D eigenvalue weighted by Gasteiger charge is 2.01. The van der Waals surface area contributed by atoms with E-state index < -0.39 is 0 Å². The average Bonchev–Trinajstić information content (AvgIpc) is 2.61. The SMILES string of the molecule is CCCc1n[nH]c(COCCOC)n1. The van der Waals surface area contributed by atoms with Gasteiger partial charge in [-0.25, -0.2) is 4.98 Å². The topological polar surface area (TPSA) is 60.0 Å². The lowest BCUT2D eigenvalue weighted by Crippen LogP contribution is -2.02. The Hall–Kier alpha value is -0.940. The molecule has 1 rings (SSSR count). The fourth-order valence-electron chi connectivity index (χ4n) is 1.05. The van der Waals surface area contributed by atoms with E-state index in [9.17, 15) is 0 Å². The second kappa shape index (κ2) is 6.50. The van der Waals surface area contributed by atoms with E-state index in [1.165, 1.54) is 0 Å². The molecule has 80 valence electrons. The minimum absolute atomic E-state index is 0.472. The molecule has 0 fully saturated rings. The lowest BCUT2D eigenvalue weighted by Gasteiger charge is -1.99. The van der Waals surface area contributed by atoms with Gasteiger partial charge in [0.05, 0.1) is 13.2 Å². The Morgan fingerprint density at radius 3 is 2.93 bits per heavy atom. The van der Waals surface area contributed by atoms with E-state index in [0.29, 0.717) is 19.8 Å². The van der Waals surface area contributed by atoms with Gasteiger partial charge in [-0.15, -0.1) is 0 Å². The van der Waals surface area contributed by atoms with Gasteiger partial charge in [-0.2, -0.15) is 5.10 Å². The monoisotopic (exact) mass is 199 g/mol. The van der Waals surface area contributed by atoms with Crippen molar-refractivity contribution in [2.45, 2.75) is 26.4 Å². The first-order valence-corrected chi connectivity index (χ1v) is 4.83. The predicted octanol–water partition coefficient (Wildman–Crippen LogP) is 0.920. The van der Waals surface area contributed by atoms with Crippen molar-refractivity contribution in [1.29, 1.82) is 0 Å². The molecule has 0 unspecified atom stereocenters. The molecule has 0 saturated carbocycles. The van der Waals surface area contributed by atoms with E-state index in [4.69, 9.17) is 9.47 Å². The molecular formula is C9H17N3O2. The van der Waals surface area contributed by atoms with E-state index in [1.807, 2.05) is 0 Å². The molecule has 0 spiro atoms. The largest absolute Gasteiger partial charge is 0.382 e. The van der Waals surface area contributed by atoms with Gasteiger partial charge < -0.3 is 9.47 Å². The molecule has 0 atom stereocenters. The molecule has 1 aromatic heterocycles. The lowest BCUT2D eigenvalue weighted by molar-refractivity contribution is 0.0587. The molecule has 0 saturated heterocycles. The Morgan fingerprint density at radius 1 is 1.36 bits per heavy atom. The molecule has 0 radical (unpaired) electrons. The van der Waals surface area contributed by atoms with Gasteiger partial charge in [-0.05, 0) is 6.42 Å². The van der Waals surface area contributed by atoms with Gasteiger partial charge in [0, 0.05) is 13.5 Å². The Morgan fingerprint density at radius 2 is 2.21 bits per heavy atom. The average molecular weight is 199 g/mol. The molecule has 1 heterocycles. The first-order valence-electron chi connectivity index (χ1n) is 4.83. The molecule has 14 heavy (non-hydrogen) atoms. The van der Waals surface area contributed by atoms with Crippen LogP contribution < -0.4 is 0 Å². The van der Waals surface area contributed by atoms with Crippen molar-refractivity contribution >= 4 is 0 Å². The van der Waals surface area contributed by atoms with Gasteiger partial charge in [0.15, 0.2) is 11.6 Å². The number of aryl methyl sites for hydroxylation is 1. The van der Waals surface area contributed by atoms with Crippen LogP contribution in [0, 0.1) is 0 Å². The summed E-state index contributed by atoms with van der Waals surface area (Å²) in [4.78, 5) is 4.27. The third-order valence-corrected chi connectivity index (χ3v) is 1.72. The number of hydrogen-bond acceptors (Lipinski definition) is 4. The van der Waals surface area contributed by atoms with Crippen LogP contribution in [0.15, 0.2) is 0 Å². The maximum absolute atomic E-state index is 5.29. The number of aromatic nitrogens is 3. The zero-order chi connectivity index (χ0) is 10.2. The number of nitrogens with zero attached hydrogens (tertiary/aromatic N) is 2. The highest BCUT2D eigenvalue weighted by Crippen LogP contribution is 1.97. The third-order valence-electron chi connectivity index (χ3n) is 1.72. The van der Waals surface area contributed by atoms with Crippen molar-refractivity contribution in [2.24, 2.45) is 0 Å². The maximum Gasteiger partial charge on any atom is 0.150 e. The summed E-state index contributed by atoms with van der Waals surface area (Å²) in [6.07, 6.45) is 1.97. The van der Waals surface area contributed by atoms with Gasteiger partial charge in [0.1, 0.15) is 6.61 Å². The van der Waals surface area contributed by atoms with Crippen LogP contribution in [0.4, 0.5) is 0 Å². The minimum Gasteiger partial charge on any atom is -0.382 e. The number of aromatic amines is 1. The summed E-state index contributed by atoms with van der Waals surface area (Å²) >= 11 is 0. The summed E-state index contributed by atoms with van der Waals surface area (Å²) in [7, 11) is 1.65. The van der Waals surface area contributed by atoms with Crippen LogP contribution in [0.1, 0.15) is 25.0 Å². The maximum atomic E-state index is 5.29. The van der Waals surface area contributed by atoms with Crippen LogP contribution in [-0.2, 0) is 22.5 Å². The zero-order valence-electron chi connectivity index (χ0n) is 8.75. The molecule has 5 nitrogen and oxygen atoms in total. The van der Waals surface area contributed by atoms with Crippen molar-refractivity contribution < 1.29 is 9.47 Å². The van der Waals surface area contributed by atoms with Crippen molar-refractivity contribution in [1.82, 2.24) is 15.2 Å². The number of rotatable bonds is 7. The summed E-state index contributed by atoms with van der Waals surface area (Å²) < 4.78 is 10.1. The van der Waals surface area contributed by atoms with Crippen molar-refractivity contribution in [3.8, 4) is 0 Å². The van der Waals surface area contributed by atoms with Crippen LogP contribution in [0.2, 0.25) is 0 Å². The summed E-state index contributed by atoms with van der Waals surface area (Å²) in [6.45, 7) is 3.77. The highest BCUT2D eigenvalue weighted by molar-refractivity contribution is 4.88. The van der Waals surface area contributed by atoms with Gasteiger partial charge in [0.2, 0.25) is 0 Å². The predicted molar refractivity (Wildman–Crippen MR) is 51.9 cm³/mol. The smallest absolute Gasteiger partial charge is 0.150 e. The number of hydrogen-bond donors (Lipinski definition) is 1. The molecule has 0 aliphatic heterocycles. The molecular weight excluding hydrogens is 182 g/mol. The Balaban J connectivity index is 2.22. The summed E-state index contributed by atoms with van der Waals surface area (Å²) in [6, 6.07) is 0. The van der Waals surface area contributed by atoms with Crippen molar-refractivity contribution in [3.63, 3.8) is 0 Å². The number of ether oxygens (including phenoxy) is 2. The summed E-state index contributed by atoms with van der Waals surface area (Å²) in [5.74, 6) is 1.64. The lowest BCUT2D eigenvalue weighted by atomic mass is 10.3. The second-order valence-corrected chi connectivity index (χ2v) is 2.99. The normalized spacial score (nSPS) is 10.7. The minimum atomic E-state index is 0.472. The van der Waals surface area contributed by atoms with Gasteiger partial charge in [0.25, 0.3) is 0 Å². The molecule has 0 aromatic carbocycles. The van der Waals surface area contributed by atoms with Crippen LogP contribution in [0.3, 0.4) is 0 Å². The van der Waals surface area contributed by atoms with Gasteiger partial charge in [-0.1, -0.05) is 6.92 Å². The zero-order valence-corrected chi connectivity index (χ0v) is 8.75. The first-order chi connectivity index (χ1) is 6.86. The molecule has 1 aromatic rings.